The van der Waals surface area contributed by atoms with Gasteiger partial charge in [-0.05, 0) is 31.5 Å². The third-order valence-corrected chi connectivity index (χ3v) is 6.31. The number of hydrogen-bond acceptors (Lipinski definition) is 6. The predicted octanol–water partition coefficient (Wildman–Crippen LogP) is 2.48. The van der Waals surface area contributed by atoms with E-state index in [1.54, 1.807) is 0 Å². The summed E-state index contributed by atoms with van der Waals surface area (Å²) in [5.41, 5.74) is 4.40. The normalized spacial score (nSPS) is 13.5. The van der Waals surface area contributed by atoms with Crippen LogP contribution < -0.4 is 15.2 Å². The van der Waals surface area contributed by atoms with Crippen molar-refractivity contribution in [3.63, 3.8) is 0 Å². The van der Waals surface area contributed by atoms with E-state index in [9.17, 15) is 13.0 Å². The number of nitrogens with one attached hydrogen (secondary N) is 1. The molecule has 1 heterocycles. The van der Waals surface area contributed by atoms with Crippen molar-refractivity contribution in [3.8, 4) is 11.5 Å². The van der Waals surface area contributed by atoms with E-state index in [4.69, 9.17) is 9.40 Å². The maximum Gasteiger partial charge on any atom is 0.203 e. The first-order chi connectivity index (χ1) is 15.4. The molecule has 1 aliphatic carbocycles. The number of rotatable bonds is 10. The van der Waals surface area contributed by atoms with E-state index in [1.165, 1.54) is 0 Å². The summed E-state index contributed by atoms with van der Waals surface area (Å²) in [6.45, 7) is 7.13. The van der Waals surface area contributed by atoms with Gasteiger partial charge in [0.05, 0.1) is 50.3 Å². The number of fused-ring (bicyclic) bond motifs is 2. The number of hydrogen-bond donors (Lipinski definition) is 1. The van der Waals surface area contributed by atoms with Crippen LogP contribution in [0.25, 0.3) is 22.6 Å². The number of nitrogens with zero attached hydrogens (tertiary/aromatic N) is 3. The van der Waals surface area contributed by atoms with Gasteiger partial charge >= 0.3 is 0 Å². The highest BCUT2D eigenvalue weighted by molar-refractivity contribution is 7.85. The summed E-state index contributed by atoms with van der Waals surface area (Å²) in [6.07, 6.45) is 1.22. The van der Waals surface area contributed by atoms with E-state index in [2.05, 4.69) is 38.0 Å². The van der Waals surface area contributed by atoms with Gasteiger partial charge in [0, 0.05) is 36.5 Å². The Labute approximate surface area is 196 Å². The number of quaternary nitrogens is 1. The maximum absolute atomic E-state index is 11.1. The second kappa shape index (κ2) is 10.2. The van der Waals surface area contributed by atoms with Gasteiger partial charge in [-0.1, -0.05) is 0 Å². The Hall–Kier alpha value is -2.49. The van der Waals surface area contributed by atoms with Gasteiger partial charge in [-0.15, -0.1) is 0 Å². The summed E-state index contributed by atoms with van der Waals surface area (Å²) in [5.74, 6) is 0.301. The van der Waals surface area contributed by atoms with Crippen molar-refractivity contribution in [2.75, 3.05) is 58.4 Å². The zero-order chi connectivity index (χ0) is 24.2. The highest BCUT2D eigenvalue weighted by atomic mass is 32.2. The van der Waals surface area contributed by atoms with Gasteiger partial charge in [-0.2, -0.15) is 0 Å². The zero-order valence-electron chi connectivity index (χ0n) is 20.2. The minimum absolute atomic E-state index is 0.284. The van der Waals surface area contributed by atoms with Crippen LogP contribution in [-0.2, 0) is 10.1 Å². The molecule has 0 saturated heterocycles. The van der Waals surface area contributed by atoms with Crippen molar-refractivity contribution in [2.45, 2.75) is 26.7 Å². The van der Waals surface area contributed by atoms with Crippen molar-refractivity contribution in [3.05, 3.63) is 41.3 Å². The molecule has 0 radical (unpaired) electrons. The van der Waals surface area contributed by atoms with E-state index in [0.29, 0.717) is 17.9 Å². The average Bonchev–Trinajstić information content (AvgIpc) is 2.70. The third kappa shape index (κ3) is 7.25. The Bertz CT molecular complexity index is 1260. The minimum atomic E-state index is -4.23. The molecule has 1 aromatic rings. The smallest absolute Gasteiger partial charge is 0.203 e. The Kier molecular flexibility index (Phi) is 7.76. The monoisotopic (exact) mass is 475 g/mol. The van der Waals surface area contributed by atoms with Crippen LogP contribution in [0.3, 0.4) is 0 Å². The van der Waals surface area contributed by atoms with E-state index in [0.717, 1.165) is 58.4 Å². The highest BCUT2D eigenvalue weighted by Crippen LogP contribution is 2.27. The molecule has 8 nitrogen and oxygen atoms in total. The van der Waals surface area contributed by atoms with Crippen LogP contribution in [0.4, 0.5) is 5.69 Å². The highest BCUT2D eigenvalue weighted by Gasteiger charge is 2.16. The van der Waals surface area contributed by atoms with Crippen LogP contribution in [0.15, 0.2) is 34.7 Å². The molecule has 3 rings (SSSR count). The maximum atomic E-state index is 11.1. The second-order valence-electron chi connectivity index (χ2n) is 9.50. The predicted molar refractivity (Wildman–Crippen MR) is 131 cm³/mol. The SMILES string of the molecule is CCNc1cc2oc3cc(=[N+](CCC[N+](C)(C)C)CCCS(=O)(=O)[O-])ccc-3nc2cc1C. The summed E-state index contributed by atoms with van der Waals surface area (Å²) in [7, 11) is 2.20. The van der Waals surface area contributed by atoms with E-state index in [1.807, 2.05) is 37.3 Å². The molecule has 1 aliphatic heterocycles. The fourth-order valence-corrected chi connectivity index (χ4v) is 4.37. The third-order valence-electron chi connectivity index (χ3n) is 5.52. The molecule has 9 heteroatoms. The molecule has 1 aromatic carbocycles. The summed E-state index contributed by atoms with van der Waals surface area (Å²) >= 11 is 0. The largest absolute Gasteiger partial charge is 0.748 e. The van der Waals surface area contributed by atoms with Crippen LogP contribution in [0.1, 0.15) is 25.3 Å². The van der Waals surface area contributed by atoms with Crippen molar-refractivity contribution < 1.29 is 21.9 Å². The summed E-state index contributed by atoms with van der Waals surface area (Å²) < 4.78 is 42.5. The quantitative estimate of drug-likeness (QED) is 0.209. The molecule has 0 saturated carbocycles. The topological polar surface area (TPSA) is 98.3 Å². The van der Waals surface area contributed by atoms with Gasteiger partial charge in [-0.3, -0.25) is 0 Å². The second-order valence-corrected chi connectivity index (χ2v) is 11.0. The van der Waals surface area contributed by atoms with E-state index in [-0.39, 0.29) is 12.2 Å². The molecule has 1 N–H and O–H groups in total. The molecule has 0 bridgehead atoms. The fourth-order valence-electron chi connectivity index (χ4n) is 3.88. The number of anilines is 1. The minimum Gasteiger partial charge on any atom is -0.748 e. The van der Waals surface area contributed by atoms with Gasteiger partial charge in [0.2, 0.25) is 5.36 Å². The van der Waals surface area contributed by atoms with Crippen LogP contribution in [0.5, 0.6) is 0 Å². The molecule has 2 aliphatic rings. The van der Waals surface area contributed by atoms with Crippen molar-refractivity contribution >= 4 is 26.9 Å². The Balaban J connectivity index is 2.02. The molecular formula is C24H35N4O4S+. The summed E-state index contributed by atoms with van der Waals surface area (Å²) in [5, 5.41) is 4.27. The van der Waals surface area contributed by atoms with Gasteiger partial charge < -0.3 is 18.8 Å². The summed E-state index contributed by atoms with van der Waals surface area (Å²) in [4.78, 5) is 4.77. The number of aryl methyl sites for hydroxylation is 1. The fraction of sp³-hybridized carbons (Fsp3) is 0.500. The number of aromatic nitrogens is 1. The molecule has 0 unspecified atom stereocenters. The Morgan fingerprint density at radius 3 is 2.52 bits per heavy atom. The number of benzene rings is 2. The van der Waals surface area contributed by atoms with Crippen molar-refractivity contribution in [1.82, 2.24) is 9.56 Å². The molecule has 0 fully saturated rings. The van der Waals surface area contributed by atoms with E-state index >= 15 is 0 Å². The first-order valence-electron chi connectivity index (χ1n) is 11.4. The molecule has 180 valence electrons. The molecule has 0 aromatic heterocycles. The average molecular weight is 476 g/mol. The molecular weight excluding hydrogens is 440 g/mol. The lowest BCUT2D eigenvalue weighted by molar-refractivity contribution is -0.870. The summed E-state index contributed by atoms with van der Waals surface area (Å²) in [6, 6.07) is 9.86. The lowest BCUT2D eigenvalue weighted by Gasteiger charge is -2.23. The van der Waals surface area contributed by atoms with Gasteiger partial charge in [0.25, 0.3) is 0 Å². The van der Waals surface area contributed by atoms with Crippen LogP contribution in [0.2, 0.25) is 0 Å². The van der Waals surface area contributed by atoms with E-state index < -0.39 is 10.1 Å². The lowest BCUT2D eigenvalue weighted by atomic mass is 10.1. The lowest BCUT2D eigenvalue weighted by Crippen LogP contribution is -2.39. The van der Waals surface area contributed by atoms with Crippen LogP contribution in [-0.4, -0.2) is 75.5 Å². The van der Waals surface area contributed by atoms with Gasteiger partial charge in [0.15, 0.2) is 11.3 Å². The first-order valence-corrected chi connectivity index (χ1v) is 12.9. The Morgan fingerprint density at radius 1 is 1.12 bits per heavy atom. The van der Waals surface area contributed by atoms with Crippen molar-refractivity contribution in [1.29, 1.82) is 0 Å². The molecule has 0 amide bonds. The Morgan fingerprint density at radius 2 is 1.85 bits per heavy atom. The van der Waals surface area contributed by atoms with Gasteiger partial charge in [0.1, 0.15) is 24.3 Å². The van der Waals surface area contributed by atoms with Crippen molar-refractivity contribution in [2.24, 2.45) is 0 Å². The molecule has 0 atom stereocenters. The standard InChI is InChI=1S/C24H34N4O4S/c1-6-25-21-17-24-22(15-18(21)2)26-20-10-9-19(16-23(20)32-24)27(11-7-13-28(3,4)5)12-8-14-33(29,30)31/h9-10,15-17H,6-8,11-14H2,1-5H3/p+1. The van der Waals surface area contributed by atoms with Crippen LogP contribution >= 0.6 is 0 Å². The first kappa shape index (κ1) is 25.1. The van der Waals surface area contributed by atoms with Crippen LogP contribution in [0, 0.1) is 6.92 Å². The molecule has 0 spiro atoms. The zero-order valence-corrected chi connectivity index (χ0v) is 21.0. The molecule has 33 heavy (non-hydrogen) atoms. The van der Waals surface area contributed by atoms with Gasteiger partial charge in [-0.25, -0.2) is 18.0 Å².